The normalized spacial score (nSPS) is 26.9. The van der Waals surface area contributed by atoms with Gasteiger partial charge in [-0.05, 0) is 49.0 Å². The monoisotopic (exact) mass is 363 g/mol. The second kappa shape index (κ2) is 7.46. The lowest BCUT2D eigenvalue weighted by atomic mass is 9.88. The molecular formula is C19H29N3O2S. The van der Waals surface area contributed by atoms with Crippen molar-refractivity contribution in [3.63, 3.8) is 0 Å². The van der Waals surface area contributed by atoms with Crippen LogP contribution < -0.4 is 11.1 Å². The first-order valence-corrected chi connectivity index (χ1v) is 10.1. The van der Waals surface area contributed by atoms with Crippen LogP contribution in [0.3, 0.4) is 0 Å². The van der Waals surface area contributed by atoms with Crippen molar-refractivity contribution in [3.05, 3.63) is 16.0 Å². The lowest BCUT2D eigenvalue weighted by molar-refractivity contribution is -0.117. The zero-order valence-electron chi connectivity index (χ0n) is 15.4. The Hall–Kier alpha value is -1.40. The van der Waals surface area contributed by atoms with E-state index in [9.17, 15) is 9.59 Å². The van der Waals surface area contributed by atoms with Crippen LogP contribution in [0.5, 0.6) is 0 Å². The maximum Gasteiger partial charge on any atom is 0.251 e. The third-order valence-corrected chi connectivity index (χ3v) is 6.49. The molecule has 0 bridgehead atoms. The zero-order chi connectivity index (χ0) is 18.1. The van der Waals surface area contributed by atoms with Gasteiger partial charge in [-0.1, -0.05) is 20.8 Å². The first kappa shape index (κ1) is 18.4. The molecule has 1 aromatic heterocycles. The number of hydrogen-bond donors (Lipinski definition) is 2. The summed E-state index contributed by atoms with van der Waals surface area (Å²) in [5, 5.41) is 3.63. The van der Waals surface area contributed by atoms with Crippen molar-refractivity contribution in [2.24, 2.45) is 23.5 Å². The second-order valence-corrected chi connectivity index (χ2v) is 9.21. The van der Waals surface area contributed by atoms with E-state index < -0.39 is 5.91 Å². The summed E-state index contributed by atoms with van der Waals surface area (Å²) in [5.74, 6) is 1.38. The molecule has 2 aliphatic rings. The van der Waals surface area contributed by atoms with Crippen LogP contribution in [0.25, 0.3) is 0 Å². The van der Waals surface area contributed by atoms with E-state index in [-0.39, 0.29) is 5.91 Å². The van der Waals surface area contributed by atoms with Crippen molar-refractivity contribution in [1.82, 2.24) is 4.90 Å². The minimum atomic E-state index is -0.428. The fraction of sp³-hybridized carbons (Fsp3) is 0.684. The molecule has 5 nitrogen and oxygen atoms in total. The molecule has 25 heavy (non-hydrogen) atoms. The van der Waals surface area contributed by atoms with E-state index in [2.05, 4.69) is 31.0 Å². The van der Waals surface area contributed by atoms with Gasteiger partial charge < -0.3 is 11.1 Å². The van der Waals surface area contributed by atoms with E-state index in [1.54, 1.807) is 0 Å². The molecule has 0 saturated carbocycles. The molecule has 3 rings (SSSR count). The van der Waals surface area contributed by atoms with Gasteiger partial charge in [0.05, 0.1) is 12.1 Å². The predicted molar refractivity (Wildman–Crippen MR) is 102 cm³/mol. The predicted octanol–water partition coefficient (Wildman–Crippen LogP) is 2.89. The molecule has 3 N–H and O–H groups in total. The Bertz CT molecular complexity index is 660. The smallest absolute Gasteiger partial charge is 0.251 e. The van der Waals surface area contributed by atoms with Gasteiger partial charge in [-0.3, -0.25) is 14.5 Å². The van der Waals surface area contributed by atoms with Crippen LogP contribution in [-0.2, 0) is 17.6 Å². The van der Waals surface area contributed by atoms with E-state index in [1.807, 2.05) is 0 Å². The first-order chi connectivity index (χ1) is 11.8. The Morgan fingerprint density at radius 1 is 1.20 bits per heavy atom. The van der Waals surface area contributed by atoms with Crippen LogP contribution in [0, 0.1) is 17.8 Å². The summed E-state index contributed by atoms with van der Waals surface area (Å²) in [7, 11) is 0. The molecule has 0 aromatic carbocycles. The summed E-state index contributed by atoms with van der Waals surface area (Å²) in [6.45, 7) is 8.99. The van der Waals surface area contributed by atoms with Crippen molar-refractivity contribution in [2.75, 3.05) is 25.0 Å². The molecular weight excluding hydrogens is 334 g/mol. The van der Waals surface area contributed by atoms with Gasteiger partial charge in [0.1, 0.15) is 5.00 Å². The summed E-state index contributed by atoms with van der Waals surface area (Å²) in [6.07, 6.45) is 4.14. The van der Waals surface area contributed by atoms with Crippen LogP contribution >= 0.6 is 11.3 Å². The van der Waals surface area contributed by atoms with E-state index in [0.717, 1.165) is 37.9 Å². The molecule has 2 amide bonds. The van der Waals surface area contributed by atoms with Gasteiger partial charge in [0.2, 0.25) is 5.91 Å². The fourth-order valence-corrected chi connectivity index (χ4v) is 5.82. The average molecular weight is 364 g/mol. The summed E-state index contributed by atoms with van der Waals surface area (Å²) in [4.78, 5) is 27.9. The summed E-state index contributed by atoms with van der Waals surface area (Å²) in [5.41, 5.74) is 7.22. The van der Waals surface area contributed by atoms with Gasteiger partial charge in [-0.15, -0.1) is 11.3 Å². The number of piperidine rings is 1. The Labute approximate surface area is 154 Å². The number of likely N-dealkylation sites (tertiary alicyclic amines) is 1. The highest BCUT2D eigenvalue weighted by Gasteiger charge is 2.28. The van der Waals surface area contributed by atoms with Gasteiger partial charge in [0.25, 0.3) is 5.91 Å². The molecule has 0 radical (unpaired) electrons. The van der Waals surface area contributed by atoms with Gasteiger partial charge in [-0.2, -0.15) is 0 Å². The number of anilines is 1. The Morgan fingerprint density at radius 2 is 1.88 bits per heavy atom. The summed E-state index contributed by atoms with van der Waals surface area (Å²) in [6, 6.07) is 0. The molecule has 0 unspecified atom stereocenters. The minimum absolute atomic E-state index is 0.0459. The number of fused-ring (bicyclic) bond motifs is 1. The van der Waals surface area contributed by atoms with Crippen LogP contribution in [0.15, 0.2) is 0 Å². The molecule has 1 aliphatic heterocycles. The largest absolute Gasteiger partial charge is 0.365 e. The number of carbonyl (C=O) groups excluding carboxylic acids is 2. The lowest BCUT2D eigenvalue weighted by Gasteiger charge is -2.34. The molecule has 3 atom stereocenters. The van der Waals surface area contributed by atoms with Crippen molar-refractivity contribution >= 4 is 28.2 Å². The molecule has 1 aromatic rings. The van der Waals surface area contributed by atoms with Crippen LogP contribution in [0.2, 0.25) is 0 Å². The van der Waals surface area contributed by atoms with E-state index in [1.165, 1.54) is 22.6 Å². The zero-order valence-corrected chi connectivity index (χ0v) is 16.2. The minimum Gasteiger partial charge on any atom is -0.365 e. The number of thiophene rings is 1. The van der Waals surface area contributed by atoms with E-state index >= 15 is 0 Å². The standard InChI is InChI=1S/C19H29N3O2S/c1-11-4-5-14-15(7-11)25-19(17(14)18(20)24)21-16(23)10-22-8-12(2)6-13(3)9-22/h11-13H,4-10H2,1-3H3,(H2,20,24)(H,21,23)/t11-,12-,13-/m1/s1. The second-order valence-electron chi connectivity index (χ2n) is 8.11. The molecule has 6 heteroatoms. The quantitative estimate of drug-likeness (QED) is 0.864. The molecule has 138 valence electrons. The number of amides is 2. The Morgan fingerprint density at radius 3 is 2.52 bits per heavy atom. The summed E-state index contributed by atoms with van der Waals surface area (Å²) >= 11 is 1.53. The van der Waals surface area contributed by atoms with E-state index in [0.29, 0.717) is 34.9 Å². The van der Waals surface area contributed by atoms with Gasteiger partial charge >= 0.3 is 0 Å². The van der Waals surface area contributed by atoms with Crippen LogP contribution in [-0.4, -0.2) is 36.3 Å². The van der Waals surface area contributed by atoms with Crippen molar-refractivity contribution in [1.29, 1.82) is 0 Å². The SMILES string of the molecule is C[C@@H]1CCc2c(sc(NC(=O)CN3C[C@H](C)C[C@@H](C)C3)c2C(N)=O)C1. The Kier molecular flexibility index (Phi) is 5.49. The number of nitrogens with zero attached hydrogens (tertiary/aromatic N) is 1. The van der Waals surface area contributed by atoms with Crippen molar-refractivity contribution in [2.45, 2.75) is 46.5 Å². The third-order valence-electron chi connectivity index (χ3n) is 5.32. The number of nitrogens with one attached hydrogen (secondary N) is 1. The topological polar surface area (TPSA) is 75.4 Å². The van der Waals surface area contributed by atoms with Crippen LogP contribution in [0.1, 0.15) is 54.4 Å². The number of nitrogens with two attached hydrogens (primary N) is 1. The molecule has 2 heterocycles. The number of rotatable bonds is 4. The number of hydrogen-bond acceptors (Lipinski definition) is 4. The molecule has 1 saturated heterocycles. The highest BCUT2D eigenvalue weighted by molar-refractivity contribution is 7.17. The number of primary amides is 1. The molecule has 1 fully saturated rings. The Balaban J connectivity index is 1.72. The van der Waals surface area contributed by atoms with E-state index in [4.69, 9.17) is 5.73 Å². The van der Waals surface area contributed by atoms with Crippen molar-refractivity contribution in [3.8, 4) is 0 Å². The van der Waals surface area contributed by atoms with Gasteiger partial charge in [0, 0.05) is 18.0 Å². The van der Waals surface area contributed by atoms with Crippen molar-refractivity contribution < 1.29 is 9.59 Å². The fourth-order valence-electron chi connectivity index (χ4n) is 4.39. The first-order valence-electron chi connectivity index (χ1n) is 9.30. The lowest BCUT2D eigenvalue weighted by Crippen LogP contribution is -2.42. The maximum atomic E-state index is 12.5. The molecule has 0 spiro atoms. The van der Waals surface area contributed by atoms with Gasteiger partial charge in [0.15, 0.2) is 0 Å². The highest BCUT2D eigenvalue weighted by atomic mass is 32.1. The number of carbonyl (C=O) groups is 2. The maximum absolute atomic E-state index is 12.5. The van der Waals surface area contributed by atoms with Crippen LogP contribution in [0.4, 0.5) is 5.00 Å². The highest BCUT2D eigenvalue weighted by Crippen LogP contribution is 2.39. The summed E-state index contributed by atoms with van der Waals surface area (Å²) < 4.78 is 0. The third kappa shape index (κ3) is 4.23. The van der Waals surface area contributed by atoms with Gasteiger partial charge in [-0.25, -0.2) is 0 Å². The average Bonchev–Trinajstić information content (AvgIpc) is 2.82. The molecule has 1 aliphatic carbocycles.